The molecule has 0 radical (unpaired) electrons. The molecule has 7 heteroatoms. The molecule has 4 rings (SSSR count). The fourth-order valence-corrected chi connectivity index (χ4v) is 4.51. The molecule has 2 N–H and O–H groups in total. The Morgan fingerprint density at radius 1 is 1.18 bits per heavy atom. The molecule has 0 saturated carbocycles. The van der Waals surface area contributed by atoms with Crippen molar-refractivity contribution < 1.29 is 4.79 Å². The number of nitrogens with zero attached hydrogens (tertiary/aromatic N) is 2. The maximum absolute atomic E-state index is 13.1. The van der Waals surface area contributed by atoms with Crippen LogP contribution in [0.3, 0.4) is 0 Å². The van der Waals surface area contributed by atoms with Crippen LogP contribution >= 0.6 is 23.2 Å². The zero-order chi connectivity index (χ0) is 20.1. The predicted octanol–water partition coefficient (Wildman–Crippen LogP) is 5.89. The number of hydrogen-bond acceptors (Lipinski definition) is 3. The number of hydrogen-bond donors (Lipinski definition) is 2. The van der Waals surface area contributed by atoms with Crippen LogP contribution in [0.5, 0.6) is 0 Å². The number of anilines is 2. The van der Waals surface area contributed by atoms with Crippen molar-refractivity contribution in [3.05, 3.63) is 51.6 Å². The van der Waals surface area contributed by atoms with Crippen molar-refractivity contribution in [2.24, 2.45) is 0 Å². The Kier molecular flexibility index (Phi) is 4.92. The van der Waals surface area contributed by atoms with Crippen LogP contribution in [-0.4, -0.2) is 27.5 Å². The van der Waals surface area contributed by atoms with Crippen molar-refractivity contribution in [3.63, 3.8) is 0 Å². The van der Waals surface area contributed by atoms with Crippen molar-refractivity contribution in [3.8, 4) is 0 Å². The number of carbonyl (C=O) groups excluding carboxylic acids is 1. The van der Waals surface area contributed by atoms with Gasteiger partial charge in [0.25, 0.3) is 0 Å². The molecule has 3 heterocycles. The molecule has 148 valence electrons. The van der Waals surface area contributed by atoms with Gasteiger partial charge in [0.2, 0.25) is 0 Å². The lowest BCUT2D eigenvalue weighted by Gasteiger charge is -2.38. The monoisotopic (exact) mass is 418 g/mol. The van der Waals surface area contributed by atoms with Gasteiger partial charge in [0.15, 0.2) is 0 Å². The topological polar surface area (TPSA) is 57.3 Å². The molecule has 1 fully saturated rings. The fourth-order valence-electron chi connectivity index (χ4n) is 4.21. The molecular weight excluding hydrogens is 395 g/mol. The van der Waals surface area contributed by atoms with E-state index in [0.717, 1.165) is 30.6 Å². The van der Waals surface area contributed by atoms with Crippen molar-refractivity contribution in [2.75, 3.05) is 10.6 Å². The molecule has 2 amide bonds. The molecule has 2 bridgehead atoms. The Hall–Kier alpha value is -1.98. The number of pyridine rings is 1. The number of amides is 2. The third-order valence-corrected chi connectivity index (χ3v) is 6.01. The Labute approximate surface area is 175 Å². The van der Waals surface area contributed by atoms with E-state index in [-0.39, 0.29) is 23.7 Å². The lowest BCUT2D eigenvalue weighted by atomic mass is 9.93. The van der Waals surface area contributed by atoms with E-state index in [9.17, 15) is 4.79 Å². The molecule has 0 aliphatic carbocycles. The molecule has 5 nitrogen and oxygen atoms in total. The van der Waals surface area contributed by atoms with E-state index in [0.29, 0.717) is 15.7 Å². The van der Waals surface area contributed by atoms with E-state index >= 15 is 0 Å². The second-order valence-electron chi connectivity index (χ2n) is 8.52. The molecule has 1 aromatic heterocycles. The fraction of sp³-hybridized carbons (Fsp3) is 0.429. The summed E-state index contributed by atoms with van der Waals surface area (Å²) in [5, 5.41) is 7.39. The first-order valence-corrected chi connectivity index (χ1v) is 10.3. The average Bonchev–Trinajstić information content (AvgIpc) is 2.91. The summed E-state index contributed by atoms with van der Waals surface area (Å²) in [7, 11) is 0. The Morgan fingerprint density at radius 3 is 2.68 bits per heavy atom. The highest BCUT2D eigenvalue weighted by molar-refractivity contribution is 6.42. The van der Waals surface area contributed by atoms with Crippen LogP contribution in [0.1, 0.15) is 50.8 Å². The smallest absolute Gasteiger partial charge is 0.322 e. The van der Waals surface area contributed by atoms with E-state index in [2.05, 4.69) is 42.5 Å². The summed E-state index contributed by atoms with van der Waals surface area (Å²) >= 11 is 12.1. The molecular formula is C21H24Cl2N4O. The lowest BCUT2D eigenvalue weighted by molar-refractivity contribution is 0.179. The number of rotatable bonds is 2. The third kappa shape index (κ3) is 3.65. The highest BCUT2D eigenvalue weighted by atomic mass is 35.5. The highest BCUT2D eigenvalue weighted by Gasteiger charge is 2.44. The van der Waals surface area contributed by atoms with Crippen molar-refractivity contribution >= 4 is 40.7 Å². The summed E-state index contributed by atoms with van der Waals surface area (Å²) in [4.78, 5) is 19.7. The number of fused-ring (bicyclic) bond motifs is 4. The molecule has 2 aromatic rings. The number of carbonyl (C=O) groups is 1. The number of benzene rings is 1. The van der Waals surface area contributed by atoms with E-state index in [1.54, 1.807) is 18.2 Å². The van der Waals surface area contributed by atoms with Gasteiger partial charge in [0, 0.05) is 29.0 Å². The van der Waals surface area contributed by atoms with Crippen LogP contribution in [0.2, 0.25) is 10.0 Å². The Bertz CT molecular complexity index is 925. The zero-order valence-electron chi connectivity index (χ0n) is 16.2. The molecule has 1 saturated heterocycles. The van der Waals surface area contributed by atoms with Gasteiger partial charge in [0.05, 0.1) is 16.1 Å². The first-order chi connectivity index (χ1) is 13.2. The second kappa shape index (κ2) is 7.12. The van der Waals surface area contributed by atoms with E-state index in [1.807, 2.05) is 11.1 Å². The minimum absolute atomic E-state index is 0.0232. The molecule has 2 atom stereocenters. The van der Waals surface area contributed by atoms with Crippen LogP contribution in [-0.2, 0) is 6.42 Å². The van der Waals surface area contributed by atoms with Gasteiger partial charge in [0.1, 0.15) is 5.82 Å². The molecule has 2 aliphatic rings. The lowest BCUT2D eigenvalue weighted by Crippen LogP contribution is -2.44. The van der Waals surface area contributed by atoms with Crippen molar-refractivity contribution in [2.45, 2.75) is 57.7 Å². The summed E-state index contributed by atoms with van der Waals surface area (Å²) < 4.78 is 0. The van der Waals surface area contributed by atoms with Gasteiger partial charge in [-0.2, -0.15) is 0 Å². The maximum Gasteiger partial charge on any atom is 0.322 e. The van der Waals surface area contributed by atoms with Crippen LogP contribution in [0, 0.1) is 0 Å². The SMILES string of the molecule is CC(C)(C)Nc1nccc2c1C1CCC(C2)N1C(=O)Nc1ccc(Cl)c(Cl)c1. The molecule has 0 spiro atoms. The standard InChI is InChI=1S/C21H24Cl2N4O/c1-21(2,3)26-19-18-12(8-9-24-19)10-14-5-7-17(18)27(14)20(28)25-13-4-6-15(22)16(23)11-13/h4,6,8-9,11,14,17H,5,7,10H2,1-3H3,(H,24,26)(H,25,28). The summed E-state index contributed by atoms with van der Waals surface area (Å²) in [6, 6.07) is 7.33. The molecule has 1 aromatic carbocycles. The van der Waals surface area contributed by atoms with E-state index < -0.39 is 0 Å². The van der Waals surface area contributed by atoms with Crippen LogP contribution in [0.25, 0.3) is 0 Å². The van der Waals surface area contributed by atoms with Gasteiger partial charge in [-0.1, -0.05) is 23.2 Å². The largest absolute Gasteiger partial charge is 0.365 e. The van der Waals surface area contributed by atoms with Gasteiger partial charge in [-0.25, -0.2) is 9.78 Å². The highest BCUT2D eigenvalue weighted by Crippen LogP contribution is 2.46. The molecule has 2 aliphatic heterocycles. The van der Waals surface area contributed by atoms with Crippen LogP contribution in [0.4, 0.5) is 16.3 Å². The van der Waals surface area contributed by atoms with Gasteiger partial charge >= 0.3 is 6.03 Å². The Balaban J connectivity index is 1.63. The number of urea groups is 1. The summed E-state index contributed by atoms with van der Waals surface area (Å²) in [5.41, 5.74) is 2.97. The average molecular weight is 419 g/mol. The normalized spacial score (nSPS) is 20.7. The second-order valence-corrected chi connectivity index (χ2v) is 9.34. The van der Waals surface area contributed by atoms with Crippen LogP contribution < -0.4 is 10.6 Å². The third-order valence-electron chi connectivity index (χ3n) is 5.27. The van der Waals surface area contributed by atoms with E-state index in [4.69, 9.17) is 23.2 Å². The first kappa shape index (κ1) is 19.3. The first-order valence-electron chi connectivity index (χ1n) is 9.53. The summed E-state index contributed by atoms with van der Waals surface area (Å²) in [6.07, 6.45) is 4.64. The Morgan fingerprint density at radius 2 is 1.96 bits per heavy atom. The summed E-state index contributed by atoms with van der Waals surface area (Å²) in [6.45, 7) is 6.34. The zero-order valence-corrected chi connectivity index (χ0v) is 17.7. The predicted molar refractivity (Wildman–Crippen MR) is 114 cm³/mol. The number of nitrogens with one attached hydrogen (secondary N) is 2. The summed E-state index contributed by atoms with van der Waals surface area (Å²) in [5.74, 6) is 0.877. The van der Waals surface area contributed by atoms with Gasteiger partial charge in [-0.3, -0.25) is 0 Å². The van der Waals surface area contributed by atoms with Crippen molar-refractivity contribution in [1.29, 1.82) is 0 Å². The van der Waals surface area contributed by atoms with Gasteiger partial charge in [-0.15, -0.1) is 0 Å². The van der Waals surface area contributed by atoms with Crippen LogP contribution in [0.15, 0.2) is 30.5 Å². The van der Waals surface area contributed by atoms with E-state index in [1.165, 1.54) is 5.56 Å². The van der Waals surface area contributed by atoms with Crippen molar-refractivity contribution in [1.82, 2.24) is 9.88 Å². The number of aromatic nitrogens is 1. The minimum Gasteiger partial charge on any atom is -0.365 e. The molecule has 2 unspecified atom stereocenters. The quantitative estimate of drug-likeness (QED) is 0.638. The molecule has 28 heavy (non-hydrogen) atoms. The minimum atomic E-state index is -0.109. The maximum atomic E-state index is 13.1. The van der Waals surface area contributed by atoms with Gasteiger partial charge in [-0.05, 0) is 69.9 Å². The van der Waals surface area contributed by atoms with Gasteiger partial charge < -0.3 is 15.5 Å². The number of halogens is 2.